The van der Waals surface area contributed by atoms with E-state index in [0.717, 1.165) is 0 Å². The predicted octanol–water partition coefficient (Wildman–Crippen LogP) is 2.98. The highest BCUT2D eigenvalue weighted by Gasteiger charge is 2.22. The highest BCUT2D eigenvalue weighted by Crippen LogP contribution is 2.18. The van der Waals surface area contributed by atoms with E-state index in [9.17, 15) is 14.9 Å². The molecule has 0 aliphatic carbocycles. The van der Waals surface area contributed by atoms with E-state index < -0.39 is 11.8 Å². The lowest BCUT2D eigenvalue weighted by atomic mass is 10.2. The van der Waals surface area contributed by atoms with E-state index >= 15 is 0 Å². The Hall–Kier alpha value is -4.38. The number of benzene rings is 1. The summed E-state index contributed by atoms with van der Waals surface area (Å²) >= 11 is 0. The number of nitrogens with one attached hydrogen (secondary N) is 2. The molecule has 0 bridgehead atoms. The molecule has 3 heterocycles. The lowest BCUT2D eigenvalue weighted by Crippen LogP contribution is -2.25. The van der Waals surface area contributed by atoms with Crippen LogP contribution in [0.1, 0.15) is 32.4 Å². The van der Waals surface area contributed by atoms with E-state index in [1.54, 1.807) is 65.2 Å². The number of furan rings is 1. The Morgan fingerprint density at radius 2 is 1.90 bits per heavy atom. The van der Waals surface area contributed by atoms with Crippen LogP contribution in [0.3, 0.4) is 0 Å². The van der Waals surface area contributed by atoms with Crippen LogP contribution >= 0.6 is 0 Å². The van der Waals surface area contributed by atoms with Gasteiger partial charge in [0.1, 0.15) is 11.8 Å². The van der Waals surface area contributed by atoms with E-state index in [4.69, 9.17) is 4.42 Å². The Balaban J connectivity index is 1.64. The van der Waals surface area contributed by atoms with Crippen LogP contribution in [0.15, 0.2) is 71.5 Å². The molecule has 0 aliphatic rings. The van der Waals surface area contributed by atoms with Crippen LogP contribution in [0.2, 0.25) is 0 Å². The summed E-state index contributed by atoms with van der Waals surface area (Å²) in [6, 6.07) is 17.4. The molecule has 0 atom stereocenters. The normalized spacial score (nSPS) is 10.4. The van der Waals surface area contributed by atoms with Crippen LogP contribution in [-0.2, 0) is 6.54 Å². The average Bonchev–Trinajstić information content (AvgIpc) is 3.40. The number of amides is 2. The number of anilines is 1. The van der Waals surface area contributed by atoms with Crippen molar-refractivity contribution < 1.29 is 14.0 Å². The molecule has 8 heteroatoms. The van der Waals surface area contributed by atoms with Crippen LogP contribution in [0.4, 0.5) is 5.69 Å². The number of hydrogen-bond acceptors (Lipinski definition) is 5. The number of hydrogen-bond donors (Lipinski definition) is 2. The van der Waals surface area contributed by atoms with E-state index in [1.807, 2.05) is 6.07 Å². The van der Waals surface area contributed by atoms with E-state index in [0.29, 0.717) is 22.5 Å². The van der Waals surface area contributed by atoms with Gasteiger partial charge in [-0.1, -0.05) is 18.2 Å². The second-order valence-corrected chi connectivity index (χ2v) is 6.11. The molecule has 2 amide bonds. The first-order chi connectivity index (χ1) is 14.2. The third-order valence-corrected chi connectivity index (χ3v) is 4.27. The third kappa shape index (κ3) is 3.57. The van der Waals surface area contributed by atoms with Gasteiger partial charge in [-0.3, -0.25) is 14.0 Å². The largest absolute Gasteiger partial charge is 0.467 e. The van der Waals surface area contributed by atoms with Crippen molar-refractivity contribution in [2.45, 2.75) is 6.54 Å². The summed E-state index contributed by atoms with van der Waals surface area (Å²) < 4.78 is 6.75. The van der Waals surface area contributed by atoms with E-state index in [1.165, 1.54) is 6.26 Å². The first-order valence-electron chi connectivity index (χ1n) is 8.75. The molecule has 142 valence electrons. The minimum atomic E-state index is -0.513. The number of para-hydroxylation sites is 1. The van der Waals surface area contributed by atoms with Crippen molar-refractivity contribution in [2.24, 2.45) is 0 Å². The number of fused-ring (bicyclic) bond motifs is 1. The Labute approximate surface area is 165 Å². The predicted molar refractivity (Wildman–Crippen MR) is 104 cm³/mol. The smallest absolute Gasteiger partial charge is 0.288 e. The minimum absolute atomic E-state index is 0.0749. The second kappa shape index (κ2) is 7.70. The Bertz CT molecular complexity index is 1230. The Morgan fingerprint density at radius 3 is 2.69 bits per heavy atom. The van der Waals surface area contributed by atoms with Crippen molar-refractivity contribution in [3.8, 4) is 6.07 Å². The summed E-state index contributed by atoms with van der Waals surface area (Å²) in [6.45, 7) is 0.199. The lowest BCUT2D eigenvalue weighted by Gasteiger charge is -2.05. The highest BCUT2D eigenvalue weighted by atomic mass is 16.3. The molecule has 4 rings (SSSR count). The van der Waals surface area contributed by atoms with Gasteiger partial charge < -0.3 is 15.1 Å². The van der Waals surface area contributed by atoms with Gasteiger partial charge in [0.05, 0.1) is 29.6 Å². The molecule has 0 spiro atoms. The lowest BCUT2D eigenvalue weighted by molar-refractivity contribution is 0.0937. The zero-order valence-corrected chi connectivity index (χ0v) is 15.1. The van der Waals surface area contributed by atoms with Crippen molar-refractivity contribution in [2.75, 3.05) is 5.32 Å². The van der Waals surface area contributed by atoms with Crippen LogP contribution in [0.5, 0.6) is 0 Å². The van der Waals surface area contributed by atoms with Gasteiger partial charge in [-0.05, 0) is 36.4 Å². The fourth-order valence-electron chi connectivity index (χ4n) is 2.90. The summed E-state index contributed by atoms with van der Waals surface area (Å²) in [6.07, 6.45) is 3.18. The van der Waals surface area contributed by atoms with E-state index in [2.05, 4.69) is 15.6 Å². The molecule has 0 aliphatic heterocycles. The first kappa shape index (κ1) is 18.0. The topological polar surface area (TPSA) is 112 Å². The molecule has 0 unspecified atom stereocenters. The standard InChI is InChI=1S/C21H15N5O3/c22-12-14-6-1-2-8-16(14)24-20(27)18-17-9-3-4-10-26(17)19(25-18)21(28)23-13-15-7-5-11-29-15/h1-11H,13H2,(H,23,28)(H,24,27). The summed E-state index contributed by atoms with van der Waals surface area (Å²) in [4.78, 5) is 29.7. The zero-order valence-electron chi connectivity index (χ0n) is 15.1. The number of nitriles is 1. The number of imidazole rings is 1. The molecule has 0 saturated heterocycles. The molecule has 2 N–H and O–H groups in total. The molecule has 3 aromatic heterocycles. The minimum Gasteiger partial charge on any atom is -0.467 e. The fourth-order valence-corrected chi connectivity index (χ4v) is 2.90. The zero-order chi connectivity index (χ0) is 20.2. The molecular formula is C21H15N5O3. The molecular weight excluding hydrogens is 370 g/mol. The maximum atomic E-state index is 12.8. The van der Waals surface area contributed by atoms with Gasteiger partial charge in [0, 0.05) is 6.20 Å². The van der Waals surface area contributed by atoms with Gasteiger partial charge in [-0.2, -0.15) is 5.26 Å². The second-order valence-electron chi connectivity index (χ2n) is 6.11. The molecule has 0 radical (unpaired) electrons. The molecule has 29 heavy (non-hydrogen) atoms. The maximum Gasteiger partial charge on any atom is 0.288 e. The maximum absolute atomic E-state index is 12.8. The van der Waals surface area contributed by atoms with Gasteiger partial charge >= 0.3 is 0 Å². The van der Waals surface area contributed by atoms with Crippen LogP contribution < -0.4 is 10.6 Å². The Morgan fingerprint density at radius 1 is 1.07 bits per heavy atom. The van der Waals surface area contributed by atoms with Gasteiger partial charge in [0.2, 0.25) is 5.82 Å². The van der Waals surface area contributed by atoms with Crippen LogP contribution in [0, 0.1) is 11.3 Å². The molecule has 8 nitrogen and oxygen atoms in total. The van der Waals surface area contributed by atoms with Gasteiger partial charge in [-0.15, -0.1) is 0 Å². The fraction of sp³-hybridized carbons (Fsp3) is 0.0476. The third-order valence-electron chi connectivity index (χ3n) is 4.27. The van der Waals surface area contributed by atoms with Crippen molar-refractivity contribution in [3.05, 3.63) is 89.9 Å². The molecule has 0 saturated carbocycles. The van der Waals surface area contributed by atoms with Gasteiger partial charge in [-0.25, -0.2) is 4.98 Å². The van der Waals surface area contributed by atoms with Crippen molar-refractivity contribution in [1.29, 1.82) is 5.26 Å². The highest BCUT2D eigenvalue weighted by molar-refractivity contribution is 6.09. The van der Waals surface area contributed by atoms with Gasteiger partial charge in [0.15, 0.2) is 5.69 Å². The summed E-state index contributed by atoms with van der Waals surface area (Å²) in [5.41, 5.74) is 1.27. The number of nitrogens with zero attached hydrogens (tertiary/aromatic N) is 3. The number of aromatic nitrogens is 2. The van der Waals surface area contributed by atoms with Crippen LogP contribution in [-0.4, -0.2) is 21.2 Å². The molecule has 0 fully saturated rings. The number of rotatable bonds is 5. The van der Waals surface area contributed by atoms with Crippen molar-refractivity contribution in [1.82, 2.24) is 14.7 Å². The van der Waals surface area contributed by atoms with Crippen LogP contribution in [0.25, 0.3) is 5.52 Å². The van der Waals surface area contributed by atoms with Gasteiger partial charge in [0.25, 0.3) is 11.8 Å². The first-order valence-corrected chi connectivity index (χ1v) is 8.75. The van der Waals surface area contributed by atoms with Crippen molar-refractivity contribution in [3.63, 3.8) is 0 Å². The summed E-state index contributed by atoms with van der Waals surface area (Å²) in [5.74, 6) is -0.281. The number of carbonyl (C=O) groups is 2. The molecule has 4 aromatic rings. The van der Waals surface area contributed by atoms with E-state index in [-0.39, 0.29) is 18.1 Å². The monoisotopic (exact) mass is 385 g/mol. The number of carbonyl (C=O) groups excluding carboxylic acids is 2. The average molecular weight is 385 g/mol. The molecule has 1 aromatic carbocycles. The number of pyridine rings is 1. The summed E-state index contributed by atoms with van der Waals surface area (Å²) in [5, 5.41) is 14.6. The summed E-state index contributed by atoms with van der Waals surface area (Å²) in [7, 11) is 0. The van der Waals surface area contributed by atoms with Crippen molar-refractivity contribution >= 4 is 23.0 Å². The SMILES string of the molecule is N#Cc1ccccc1NC(=O)c1nc(C(=O)NCc2ccco2)n2ccccc12. The Kier molecular flexibility index (Phi) is 4.78. The quantitative estimate of drug-likeness (QED) is 0.548.